The van der Waals surface area contributed by atoms with Crippen LogP contribution in [0.25, 0.3) is 0 Å². The topological polar surface area (TPSA) is 288 Å². The van der Waals surface area contributed by atoms with Gasteiger partial charge in [0.15, 0.2) is 12.3 Å². The van der Waals surface area contributed by atoms with E-state index in [1.54, 1.807) is 0 Å². The molecule has 0 saturated carbocycles. The lowest BCUT2D eigenvalue weighted by molar-refractivity contribution is -0.327. The quantitative estimate of drug-likeness (QED) is 0.135. The van der Waals surface area contributed by atoms with Crippen molar-refractivity contribution in [2.24, 2.45) is 0 Å². The first-order valence-corrected chi connectivity index (χ1v) is 12.9. The fraction of sp³-hybridized carbons (Fsp3) is 0.733. The van der Waals surface area contributed by atoms with E-state index in [1.807, 2.05) is 0 Å². The van der Waals surface area contributed by atoms with Crippen LogP contribution in [0, 0.1) is 0 Å². The van der Waals surface area contributed by atoms with Crippen molar-refractivity contribution in [3.63, 3.8) is 0 Å². The number of ether oxygens (including phenoxy) is 2. The molecule has 0 spiro atoms. The van der Waals surface area contributed by atoms with Gasteiger partial charge in [0.2, 0.25) is 0 Å². The summed E-state index contributed by atoms with van der Waals surface area (Å²) in [5.74, 6) is -4.62. The van der Waals surface area contributed by atoms with Gasteiger partial charge in [-0.25, -0.2) is 13.5 Å². The SMILES string of the molecule is O=c1ccn([C@@H]2O[C@H](COP(=O)(O)OP(=O)(O)O)[C@@H](O)[C@H]2O)c(C2O[C@H](CO)[C@H](O)[C@H](O)[C@]2(O)[18F])n1. The number of hydrogen-bond acceptors (Lipinski definition) is 14. The molecule has 1 aromatic rings. The molecule has 36 heavy (non-hydrogen) atoms. The molecule has 2 aliphatic heterocycles. The number of halogens is 1. The van der Waals surface area contributed by atoms with Gasteiger partial charge in [-0.3, -0.25) is 9.32 Å². The first-order chi connectivity index (χ1) is 16.5. The summed E-state index contributed by atoms with van der Waals surface area (Å²) in [6.07, 6.45) is -15.1. The Labute approximate surface area is 199 Å². The summed E-state index contributed by atoms with van der Waals surface area (Å²) in [4.78, 5) is 42.0. The molecular weight excluding hydrogens is 544 g/mol. The van der Waals surface area contributed by atoms with E-state index in [0.717, 1.165) is 12.3 Å². The second-order valence-electron chi connectivity index (χ2n) is 7.81. The number of hydrogen-bond donors (Lipinski definition) is 9. The summed E-state index contributed by atoms with van der Waals surface area (Å²) in [6, 6.07) is 0.792. The first-order valence-electron chi connectivity index (χ1n) is 9.87. The highest BCUT2D eigenvalue weighted by Gasteiger charge is 2.58. The number of phosphoric acid groups is 2. The Balaban J connectivity index is 1.90. The van der Waals surface area contributed by atoms with E-state index in [0.29, 0.717) is 4.57 Å². The van der Waals surface area contributed by atoms with Crippen molar-refractivity contribution in [3.05, 3.63) is 28.4 Å². The number of aliphatic hydroxyl groups excluding tert-OH is 5. The molecule has 10 atom stereocenters. The molecule has 3 rings (SSSR count). The highest BCUT2D eigenvalue weighted by Crippen LogP contribution is 2.57. The number of aromatic nitrogens is 2. The highest BCUT2D eigenvalue weighted by molar-refractivity contribution is 7.60. The maximum Gasteiger partial charge on any atom is 0.481 e. The molecular formula is C15H23FN2O16P2. The van der Waals surface area contributed by atoms with E-state index in [1.165, 1.54) is 0 Å². The van der Waals surface area contributed by atoms with Crippen LogP contribution in [0.3, 0.4) is 0 Å². The fourth-order valence-electron chi connectivity index (χ4n) is 3.60. The molecule has 9 N–H and O–H groups in total. The summed E-state index contributed by atoms with van der Waals surface area (Å²) >= 11 is 0. The third-order valence-electron chi connectivity index (χ3n) is 5.30. The van der Waals surface area contributed by atoms with E-state index >= 15 is 4.39 Å². The van der Waals surface area contributed by atoms with Crippen LogP contribution >= 0.6 is 15.6 Å². The van der Waals surface area contributed by atoms with E-state index in [2.05, 4.69) is 13.8 Å². The Hall–Kier alpha value is -1.25. The van der Waals surface area contributed by atoms with Crippen LogP contribution in [0.15, 0.2) is 17.1 Å². The fourth-order valence-corrected chi connectivity index (χ4v) is 5.20. The Morgan fingerprint density at radius 1 is 1.08 bits per heavy atom. The highest BCUT2D eigenvalue weighted by atomic mass is 31.3. The zero-order chi connectivity index (χ0) is 27.2. The average Bonchev–Trinajstić information content (AvgIpc) is 3.03. The lowest BCUT2D eigenvalue weighted by atomic mass is 9.92. The first kappa shape index (κ1) is 29.3. The second kappa shape index (κ2) is 10.5. The minimum Gasteiger partial charge on any atom is -0.394 e. The number of nitrogens with zero attached hydrogens (tertiary/aromatic N) is 2. The van der Waals surface area contributed by atoms with Crippen LogP contribution in [0.4, 0.5) is 4.39 Å². The number of alkyl halides is 1. The van der Waals surface area contributed by atoms with Crippen LogP contribution in [0.5, 0.6) is 0 Å². The zero-order valence-corrected chi connectivity index (χ0v) is 19.5. The van der Waals surface area contributed by atoms with Gasteiger partial charge in [0.05, 0.1) is 13.2 Å². The van der Waals surface area contributed by atoms with Crippen LogP contribution in [-0.2, 0) is 27.4 Å². The molecule has 1 aromatic heterocycles. The number of phosphoric ester groups is 1. The molecule has 0 radical (unpaired) electrons. The summed E-state index contributed by atoms with van der Waals surface area (Å²) in [7, 11) is -10.8. The van der Waals surface area contributed by atoms with Crippen molar-refractivity contribution < 1.29 is 77.1 Å². The summed E-state index contributed by atoms with van der Waals surface area (Å²) in [5.41, 5.74) is -1.02. The summed E-state index contributed by atoms with van der Waals surface area (Å²) in [6.45, 7) is -2.03. The van der Waals surface area contributed by atoms with Gasteiger partial charge in [-0.15, -0.1) is 0 Å². The molecule has 2 saturated heterocycles. The van der Waals surface area contributed by atoms with Gasteiger partial charge in [0, 0.05) is 12.3 Å². The summed E-state index contributed by atoms with van der Waals surface area (Å²) in [5, 5.41) is 60.1. The van der Waals surface area contributed by atoms with E-state index < -0.39 is 95.1 Å². The Morgan fingerprint density at radius 3 is 2.31 bits per heavy atom. The molecule has 2 unspecified atom stereocenters. The average molecular weight is 567 g/mol. The third kappa shape index (κ3) is 6.07. The smallest absolute Gasteiger partial charge is 0.394 e. The monoisotopic (exact) mass is 567 g/mol. The van der Waals surface area contributed by atoms with Crippen LogP contribution in [0.1, 0.15) is 18.2 Å². The van der Waals surface area contributed by atoms with Crippen molar-refractivity contribution in [2.45, 2.75) is 54.8 Å². The van der Waals surface area contributed by atoms with Crippen LogP contribution in [0.2, 0.25) is 0 Å². The zero-order valence-electron chi connectivity index (χ0n) is 17.7. The molecule has 2 aliphatic rings. The Morgan fingerprint density at radius 2 is 1.72 bits per heavy atom. The maximum absolute atomic E-state index is 15.1. The van der Waals surface area contributed by atoms with E-state index in [-0.39, 0.29) is 0 Å². The largest absolute Gasteiger partial charge is 0.481 e. The van der Waals surface area contributed by atoms with Crippen LogP contribution < -0.4 is 5.56 Å². The predicted octanol–water partition coefficient (Wildman–Crippen LogP) is -4.10. The second-order valence-corrected chi connectivity index (χ2v) is 10.6. The van der Waals surface area contributed by atoms with E-state index in [9.17, 15) is 49.5 Å². The minimum absolute atomic E-state index is 0.702. The predicted molar refractivity (Wildman–Crippen MR) is 106 cm³/mol. The lowest BCUT2D eigenvalue weighted by Gasteiger charge is -2.43. The molecule has 0 aliphatic carbocycles. The van der Waals surface area contributed by atoms with Crippen molar-refractivity contribution in [1.29, 1.82) is 0 Å². The van der Waals surface area contributed by atoms with Crippen LogP contribution in [-0.4, -0.2) is 111 Å². The van der Waals surface area contributed by atoms with Crippen molar-refractivity contribution >= 4 is 15.6 Å². The van der Waals surface area contributed by atoms with Crippen molar-refractivity contribution in [3.8, 4) is 0 Å². The van der Waals surface area contributed by atoms with E-state index in [4.69, 9.17) is 19.3 Å². The third-order valence-corrected chi connectivity index (χ3v) is 7.45. The lowest BCUT2D eigenvalue weighted by Crippen LogP contribution is -2.61. The minimum atomic E-state index is -5.45. The molecule has 0 amide bonds. The molecule has 206 valence electrons. The van der Waals surface area contributed by atoms with Gasteiger partial charge in [0.25, 0.3) is 11.4 Å². The van der Waals surface area contributed by atoms with Gasteiger partial charge in [-0.05, 0) is 0 Å². The summed E-state index contributed by atoms with van der Waals surface area (Å²) < 4.78 is 56.6. The molecule has 21 heteroatoms. The van der Waals surface area contributed by atoms with Gasteiger partial charge in [0.1, 0.15) is 42.4 Å². The Bertz CT molecular complexity index is 1100. The molecule has 0 bridgehead atoms. The van der Waals surface area contributed by atoms with Gasteiger partial charge < -0.3 is 59.4 Å². The van der Waals surface area contributed by atoms with Gasteiger partial charge in [-0.1, -0.05) is 0 Å². The standard InChI is InChI=1S/C15H23FN2O16P2/c16-15(25)11(24)9(22)5(3-19)32-12(15)13-17-7(20)1-2-18(13)14-10(23)8(21)6(33-14)4-31-36(29,30)34-35(26,27)28/h1-2,5-6,8-12,14,19,21-25H,3-4H2,(H,29,30)(H2,26,27,28)/t5-,6-,8-,9+,10-,11+,12?,14-,15-/m1/s1/i16-1. The molecule has 2 fully saturated rings. The van der Waals surface area contributed by atoms with Gasteiger partial charge in [-0.2, -0.15) is 9.29 Å². The number of aliphatic hydroxyl groups is 6. The normalized spacial score (nSPS) is 39.2. The Kier molecular flexibility index (Phi) is 8.54. The number of rotatable bonds is 8. The molecule has 0 aromatic carbocycles. The molecule has 18 nitrogen and oxygen atoms in total. The maximum atomic E-state index is 15.1. The molecule has 3 heterocycles. The van der Waals surface area contributed by atoms with Gasteiger partial charge >= 0.3 is 15.6 Å². The van der Waals surface area contributed by atoms with Crippen molar-refractivity contribution in [2.75, 3.05) is 13.2 Å². The van der Waals surface area contributed by atoms with Crippen molar-refractivity contribution in [1.82, 2.24) is 9.55 Å².